The van der Waals surface area contributed by atoms with E-state index < -0.39 is 0 Å². The zero-order chi connectivity index (χ0) is 24.4. The molecule has 2 aromatic rings. The minimum Gasteiger partial charge on any atom is -0.494 e. The summed E-state index contributed by atoms with van der Waals surface area (Å²) >= 11 is 0. The molecule has 0 radical (unpaired) electrons. The Bertz CT molecular complexity index is 838. The van der Waals surface area contributed by atoms with Crippen LogP contribution >= 0.6 is 0 Å². The highest BCUT2D eigenvalue weighted by molar-refractivity contribution is 6.04. The van der Waals surface area contributed by atoms with Gasteiger partial charge in [-0.1, -0.05) is 89.7 Å². The first kappa shape index (κ1) is 27.6. The first-order valence-electron chi connectivity index (χ1n) is 13.1. The van der Waals surface area contributed by atoms with Gasteiger partial charge < -0.3 is 4.74 Å². The number of nitrogens with zero attached hydrogens (tertiary/aromatic N) is 2. The predicted molar refractivity (Wildman–Crippen MR) is 138 cm³/mol. The second kappa shape index (κ2) is 16.9. The van der Waals surface area contributed by atoms with Crippen LogP contribution in [0.15, 0.2) is 48.7 Å². The minimum atomic E-state index is -0.339. The molecule has 0 aliphatic carbocycles. The third-order valence-electron chi connectivity index (χ3n) is 6.02. The number of hydrogen-bond donors (Lipinski definition) is 0. The number of aromatic nitrogens is 1. The summed E-state index contributed by atoms with van der Waals surface area (Å²) in [6, 6.07) is 12.5. The van der Waals surface area contributed by atoms with Gasteiger partial charge in [0.05, 0.1) is 18.8 Å². The van der Waals surface area contributed by atoms with Crippen LogP contribution in [0.5, 0.6) is 5.75 Å². The minimum absolute atomic E-state index is 0.152. The molecule has 0 aliphatic rings. The van der Waals surface area contributed by atoms with Crippen molar-refractivity contribution < 1.29 is 14.3 Å². The summed E-state index contributed by atoms with van der Waals surface area (Å²) in [5.74, 6) is 0.0164. The molecule has 2 amide bonds. The van der Waals surface area contributed by atoms with Crippen molar-refractivity contribution in [3.63, 3.8) is 0 Å². The van der Waals surface area contributed by atoms with Gasteiger partial charge in [-0.05, 0) is 36.8 Å². The Labute approximate surface area is 205 Å². The molecule has 0 saturated heterocycles. The Balaban J connectivity index is 1.66. The molecule has 0 atom stereocenters. The quantitative estimate of drug-likeness (QED) is 0.229. The first-order chi connectivity index (χ1) is 16.6. The number of benzene rings is 1. The smallest absolute Gasteiger partial charge is 0.260 e. The van der Waals surface area contributed by atoms with E-state index in [0.29, 0.717) is 23.6 Å². The molecule has 2 rings (SSSR count). The third-order valence-corrected chi connectivity index (χ3v) is 6.02. The molecule has 0 unspecified atom stereocenters. The maximum atomic E-state index is 13.0. The first-order valence-corrected chi connectivity index (χ1v) is 13.1. The Morgan fingerprint density at radius 2 is 1.47 bits per heavy atom. The number of pyridine rings is 1. The van der Waals surface area contributed by atoms with Crippen LogP contribution in [0.2, 0.25) is 0 Å². The van der Waals surface area contributed by atoms with Gasteiger partial charge in [-0.3, -0.25) is 19.5 Å². The van der Waals surface area contributed by atoms with Gasteiger partial charge in [-0.25, -0.2) is 0 Å². The lowest BCUT2D eigenvalue weighted by Crippen LogP contribution is -2.34. The highest BCUT2D eigenvalue weighted by atomic mass is 16.5. The van der Waals surface area contributed by atoms with Crippen LogP contribution in [0.1, 0.15) is 107 Å². The second-order valence-corrected chi connectivity index (χ2v) is 9.00. The Morgan fingerprint density at radius 1 is 0.824 bits per heavy atom. The number of carbonyl (C=O) groups is 2. The summed E-state index contributed by atoms with van der Waals surface area (Å²) in [5.41, 5.74) is 1.11. The summed E-state index contributed by atoms with van der Waals surface area (Å²) in [5, 5.41) is 0. The van der Waals surface area contributed by atoms with Crippen LogP contribution in [0, 0.1) is 0 Å². The van der Waals surface area contributed by atoms with Gasteiger partial charge in [0.1, 0.15) is 5.75 Å². The van der Waals surface area contributed by atoms with E-state index in [1.165, 1.54) is 76.0 Å². The lowest BCUT2D eigenvalue weighted by atomic mass is 10.1. The van der Waals surface area contributed by atoms with Gasteiger partial charge in [0.2, 0.25) is 5.91 Å². The number of rotatable bonds is 17. The van der Waals surface area contributed by atoms with E-state index in [4.69, 9.17) is 4.74 Å². The van der Waals surface area contributed by atoms with E-state index in [1.807, 2.05) is 12.1 Å². The van der Waals surface area contributed by atoms with E-state index in [-0.39, 0.29) is 18.4 Å². The average molecular weight is 467 g/mol. The van der Waals surface area contributed by atoms with Gasteiger partial charge in [0.25, 0.3) is 5.91 Å². The number of unbranched alkanes of at least 4 members (excludes halogenated alkanes) is 11. The molecule has 1 aromatic heterocycles. The molecule has 1 aromatic carbocycles. The van der Waals surface area contributed by atoms with Crippen LogP contribution in [-0.2, 0) is 11.3 Å². The van der Waals surface area contributed by atoms with Crippen molar-refractivity contribution in [3.05, 3.63) is 59.9 Å². The fourth-order valence-corrected chi connectivity index (χ4v) is 3.99. The van der Waals surface area contributed by atoms with Crippen molar-refractivity contribution >= 4 is 11.8 Å². The van der Waals surface area contributed by atoms with Gasteiger partial charge in [-0.15, -0.1) is 0 Å². The molecule has 0 aliphatic heterocycles. The molecule has 0 saturated carbocycles. The van der Waals surface area contributed by atoms with Crippen LogP contribution in [0.3, 0.4) is 0 Å². The number of amides is 2. The number of ether oxygens (including phenoxy) is 1. The monoisotopic (exact) mass is 466 g/mol. The van der Waals surface area contributed by atoms with Crippen molar-refractivity contribution in [2.45, 2.75) is 97.4 Å². The molecular weight excluding hydrogens is 424 g/mol. The molecule has 5 nitrogen and oxygen atoms in total. The highest BCUT2D eigenvalue weighted by Crippen LogP contribution is 2.17. The lowest BCUT2D eigenvalue weighted by molar-refractivity contribution is -0.126. The maximum absolute atomic E-state index is 13.0. The summed E-state index contributed by atoms with van der Waals surface area (Å²) in [4.78, 5) is 30.5. The zero-order valence-corrected chi connectivity index (χ0v) is 21.1. The summed E-state index contributed by atoms with van der Waals surface area (Å²) in [6.07, 6.45) is 17.3. The highest BCUT2D eigenvalue weighted by Gasteiger charge is 2.21. The Hall–Kier alpha value is -2.69. The topological polar surface area (TPSA) is 59.5 Å². The van der Waals surface area contributed by atoms with Crippen LogP contribution < -0.4 is 4.74 Å². The van der Waals surface area contributed by atoms with E-state index in [1.54, 1.807) is 36.5 Å². The van der Waals surface area contributed by atoms with Crippen LogP contribution in [0.4, 0.5) is 0 Å². The van der Waals surface area contributed by atoms with E-state index in [2.05, 4.69) is 11.9 Å². The molecule has 186 valence electrons. The summed E-state index contributed by atoms with van der Waals surface area (Å²) in [7, 11) is 0. The normalized spacial score (nSPS) is 10.8. The molecule has 1 heterocycles. The average Bonchev–Trinajstić information content (AvgIpc) is 2.85. The summed E-state index contributed by atoms with van der Waals surface area (Å²) < 4.78 is 5.88. The Morgan fingerprint density at radius 3 is 2.06 bits per heavy atom. The van der Waals surface area contributed by atoms with Gasteiger partial charge >= 0.3 is 0 Å². The standard InChI is InChI=1S/C29H42N2O3/c1-3-4-5-6-7-8-9-10-11-12-13-16-22-34-28-20-17-18-26(23-28)29(33)31(25(2)32)24-27-19-14-15-21-30-27/h14-15,17-21,23H,3-13,16,22,24H2,1-2H3. The molecule has 34 heavy (non-hydrogen) atoms. The van der Waals surface area contributed by atoms with Crippen molar-refractivity contribution in [2.75, 3.05) is 6.61 Å². The van der Waals surface area contributed by atoms with Crippen LogP contribution in [-0.4, -0.2) is 28.3 Å². The number of hydrogen-bond acceptors (Lipinski definition) is 4. The van der Waals surface area contributed by atoms with E-state index in [9.17, 15) is 9.59 Å². The Kier molecular flexibility index (Phi) is 13.7. The number of carbonyl (C=O) groups excluding carboxylic acids is 2. The SMILES string of the molecule is CCCCCCCCCCCCCCOc1cccc(C(=O)N(Cc2ccccn2)C(C)=O)c1. The molecule has 0 spiro atoms. The van der Waals surface area contributed by atoms with Crippen molar-refractivity contribution in [1.82, 2.24) is 9.88 Å². The third kappa shape index (κ3) is 11.0. The molecule has 0 N–H and O–H groups in total. The molecular formula is C29H42N2O3. The van der Waals surface area contributed by atoms with Crippen molar-refractivity contribution in [3.8, 4) is 5.75 Å². The second-order valence-electron chi connectivity index (χ2n) is 9.00. The fourth-order valence-electron chi connectivity index (χ4n) is 3.99. The predicted octanol–water partition coefficient (Wildman–Crippen LogP) is 7.35. The van der Waals surface area contributed by atoms with Gasteiger partial charge in [0.15, 0.2) is 0 Å². The molecule has 0 bridgehead atoms. The number of imide groups is 1. The van der Waals surface area contributed by atoms with Crippen molar-refractivity contribution in [1.29, 1.82) is 0 Å². The molecule has 0 fully saturated rings. The van der Waals surface area contributed by atoms with E-state index >= 15 is 0 Å². The largest absolute Gasteiger partial charge is 0.494 e. The lowest BCUT2D eigenvalue weighted by Gasteiger charge is -2.19. The fraction of sp³-hybridized carbons (Fsp3) is 0.552. The zero-order valence-electron chi connectivity index (χ0n) is 21.1. The maximum Gasteiger partial charge on any atom is 0.260 e. The van der Waals surface area contributed by atoms with E-state index in [0.717, 1.165) is 12.8 Å². The molecule has 5 heteroatoms. The van der Waals surface area contributed by atoms with Gasteiger partial charge in [0, 0.05) is 18.7 Å². The van der Waals surface area contributed by atoms with Crippen molar-refractivity contribution in [2.24, 2.45) is 0 Å². The van der Waals surface area contributed by atoms with Crippen LogP contribution in [0.25, 0.3) is 0 Å². The van der Waals surface area contributed by atoms with Gasteiger partial charge in [-0.2, -0.15) is 0 Å². The summed E-state index contributed by atoms with van der Waals surface area (Å²) in [6.45, 7) is 4.45.